The molecule has 3 saturated heterocycles. The van der Waals surface area contributed by atoms with Crippen LogP contribution in [0.2, 0.25) is 0 Å². The molecule has 5 heterocycles. The van der Waals surface area contributed by atoms with Crippen molar-refractivity contribution in [3.8, 4) is 0 Å². The molecule has 220 valence electrons. The van der Waals surface area contributed by atoms with Crippen LogP contribution in [-0.2, 0) is 10.0 Å². The third kappa shape index (κ3) is 5.99. The SMILES string of the molecule is Cc1ncnc(C)c1C(=O)N1CCC(C)(N2CCN([C@@H](c3ccsc3)C3CCN(S(C)(=O)=O)CC3)[C@@H](C)C2)CC1. The Morgan fingerprint density at radius 3 is 2.25 bits per heavy atom. The number of sulfonamides is 1. The van der Waals surface area contributed by atoms with E-state index in [-0.39, 0.29) is 11.4 Å². The summed E-state index contributed by atoms with van der Waals surface area (Å²) >= 11 is 1.74. The quantitative estimate of drug-likeness (QED) is 0.510. The number of piperidine rings is 2. The number of thiophene rings is 1. The fourth-order valence-corrected chi connectivity index (χ4v) is 8.71. The molecule has 5 rings (SSSR count). The standard InChI is InChI=1S/C29H44N6O3S2/c1-21-18-33(29(4)9-13-32(14-10-29)28(36)26-22(2)30-20-31-23(26)3)15-16-35(21)27(25-8-17-39-19-25)24-6-11-34(12-7-24)40(5,37)38/h8,17,19-21,24,27H,6-7,9-16,18H2,1-5H3/t21-,27+/m0/s1. The molecule has 2 atom stereocenters. The first-order chi connectivity index (χ1) is 19.0. The molecule has 0 aromatic carbocycles. The molecule has 0 bridgehead atoms. The molecule has 0 radical (unpaired) electrons. The van der Waals surface area contributed by atoms with E-state index in [1.807, 2.05) is 18.7 Å². The molecule has 0 saturated carbocycles. The lowest BCUT2D eigenvalue weighted by Gasteiger charge is -2.54. The predicted octanol–water partition coefficient (Wildman–Crippen LogP) is 3.57. The first-order valence-corrected chi connectivity index (χ1v) is 17.3. The molecular formula is C29H44N6O3S2. The summed E-state index contributed by atoms with van der Waals surface area (Å²) in [7, 11) is -3.14. The largest absolute Gasteiger partial charge is 0.338 e. The lowest BCUT2D eigenvalue weighted by atomic mass is 9.83. The van der Waals surface area contributed by atoms with Gasteiger partial charge in [-0.25, -0.2) is 22.7 Å². The Morgan fingerprint density at radius 2 is 1.70 bits per heavy atom. The maximum atomic E-state index is 13.3. The van der Waals surface area contributed by atoms with Crippen LogP contribution in [0.3, 0.4) is 0 Å². The molecular weight excluding hydrogens is 544 g/mol. The highest BCUT2D eigenvalue weighted by Gasteiger charge is 2.43. The number of hydrogen-bond donors (Lipinski definition) is 0. The Morgan fingerprint density at radius 1 is 1.05 bits per heavy atom. The molecule has 2 aromatic rings. The number of carbonyl (C=O) groups excluding carboxylic acids is 1. The van der Waals surface area contributed by atoms with Gasteiger partial charge in [-0.2, -0.15) is 11.3 Å². The first-order valence-electron chi connectivity index (χ1n) is 14.5. The molecule has 2 aromatic heterocycles. The molecule has 9 nitrogen and oxygen atoms in total. The average Bonchev–Trinajstić information content (AvgIpc) is 3.44. The van der Waals surface area contributed by atoms with Gasteiger partial charge in [0.15, 0.2) is 0 Å². The van der Waals surface area contributed by atoms with Gasteiger partial charge in [0, 0.05) is 63.4 Å². The van der Waals surface area contributed by atoms with E-state index in [2.05, 4.69) is 50.4 Å². The van der Waals surface area contributed by atoms with Gasteiger partial charge >= 0.3 is 0 Å². The van der Waals surface area contributed by atoms with Gasteiger partial charge in [0.1, 0.15) is 6.33 Å². The normalized spacial score (nSPS) is 24.7. The van der Waals surface area contributed by atoms with Crippen LogP contribution in [0.4, 0.5) is 0 Å². The molecule has 11 heteroatoms. The van der Waals surface area contributed by atoms with Crippen LogP contribution < -0.4 is 0 Å². The van der Waals surface area contributed by atoms with Gasteiger partial charge in [0.05, 0.1) is 23.2 Å². The number of amides is 1. The van der Waals surface area contributed by atoms with Crippen molar-refractivity contribution in [2.24, 2.45) is 5.92 Å². The van der Waals surface area contributed by atoms with Crippen LogP contribution in [0.15, 0.2) is 23.2 Å². The van der Waals surface area contributed by atoms with E-state index < -0.39 is 10.0 Å². The second-order valence-electron chi connectivity index (χ2n) is 12.2. The van der Waals surface area contributed by atoms with Gasteiger partial charge in [0.2, 0.25) is 10.0 Å². The maximum absolute atomic E-state index is 13.3. The minimum atomic E-state index is -3.14. The Balaban J connectivity index is 1.23. The molecule has 0 aliphatic carbocycles. The minimum absolute atomic E-state index is 0.0522. The number of carbonyl (C=O) groups is 1. The van der Waals surface area contributed by atoms with Crippen LogP contribution in [0.25, 0.3) is 0 Å². The summed E-state index contributed by atoms with van der Waals surface area (Å²) in [4.78, 5) is 29.2. The molecule has 3 aliphatic rings. The number of hydrogen-bond acceptors (Lipinski definition) is 8. The van der Waals surface area contributed by atoms with E-state index in [0.717, 1.165) is 69.8 Å². The number of piperazine rings is 1. The summed E-state index contributed by atoms with van der Waals surface area (Å²) in [6.45, 7) is 14.2. The number of aromatic nitrogens is 2. The first kappa shape index (κ1) is 29.6. The van der Waals surface area contributed by atoms with E-state index in [0.29, 0.717) is 36.7 Å². The highest BCUT2D eigenvalue weighted by molar-refractivity contribution is 7.88. The van der Waals surface area contributed by atoms with Gasteiger partial charge in [-0.05, 0) is 81.7 Å². The fraction of sp³-hybridized carbons (Fsp3) is 0.690. The summed E-state index contributed by atoms with van der Waals surface area (Å²) in [5, 5.41) is 4.44. The van der Waals surface area contributed by atoms with Crippen LogP contribution in [-0.4, -0.2) is 107 Å². The van der Waals surface area contributed by atoms with E-state index in [1.54, 1.807) is 15.6 Å². The second kappa shape index (κ2) is 11.8. The Labute approximate surface area is 243 Å². The van der Waals surface area contributed by atoms with Crippen LogP contribution in [0.5, 0.6) is 0 Å². The lowest BCUT2D eigenvalue weighted by molar-refractivity contribution is -0.0420. The van der Waals surface area contributed by atoms with Crippen LogP contribution >= 0.6 is 11.3 Å². The van der Waals surface area contributed by atoms with Gasteiger partial charge in [0.25, 0.3) is 5.91 Å². The van der Waals surface area contributed by atoms with E-state index in [9.17, 15) is 13.2 Å². The summed E-state index contributed by atoms with van der Waals surface area (Å²) in [5.41, 5.74) is 3.58. The molecule has 0 spiro atoms. The molecule has 40 heavy (non-hydrogen) atoms. The molecule has 3 aliphatic heterocycles. The Bertz CT molecular complexity index is 1260. The summed E-state index contributed by atoms with van der Waals surface area (Å²) in [5.74, 6) is 0.497. The van der Waals surface area contributed by atoms with Gasteiger partial charge < -0.3 is 4.90 Å². The molecule has 0 N–H and O–H groups in total. The van der Waals surface area contributed by atoms with Crippen molar-refractivity contribution in [1.29, 1.82) is 0 Å². The number of aryl methyl sites for hydroxylation is 2. The minimum Gasteiger partial charge on any atom is -0.338 e. The zero-order valence-electron chi connectivity index (χ0n) is 24.5. The smallest absolute Gasteiger partial charge is 0.257 e. The topological polar surface area (TPSA) is 90.0 Å². The van der Waals surface area contributed by atoms with Crippen LogP contribution in [0.1, 0.15) is 72.9 Å². The zero-order chi connectivity index (χ0) is 28.7. The number of rotatable bonds is 6. The third-order valence-corrected chi connectivity index (χ3v) is 11.7. The van der Waals surface area contributed by atoms with Crippen molar-refractivity contribution in [2.45, 2.75) is 71.0 Å². The second-order valence-corrected chi connectivity index (χ2v) is 15.0. The van der Waals surface area contributed by atoms with Crippen molar-refractivity contribution in [3.05, 3.63) is 45.7 Å². The fourth-order valence-electron chi connectivity index (χ4n) is 7.14. The van der Waals surface area contributed by atoms with Crippen molar-refractivity contribution in [2.75, 3.05) is 52.1 Å². The zero-order valence-corrected chi connectivity index (χ0v) is 26.2. The summed E-state index contributed by atoms with van der Waals surface area (Å²) in [6.07, 6.45) is 6.55. The molecule has 0 unspecified atom stereocenters. The third-order valence-electron chi connectivity index (χ3n) is 9.67. The average molecular weight is 589 g/mol. The number of nitrogens with zero attached hydrogens (tertiary/aromatic N) is 6. The predicted molar refractivity (Wildman–Crippen MR) is 159 cm³/mol. The highest BCUT2D eigenvalue weighted by Crippen LogP contribution is 2.40. The van der Waals surface area contributed by atoms with Gasteiger partial charge in [-0.15, -0.1) is 0 Å². The van der Waals surface area contributed by atoms with Crippen molar-refractivity contribution >= 4 is 27.3 Å². The van der Waals surface area contributed by atoms with Gasteiger partial charge in [-0.1, -0.05) is 0 Å². The lowest BCUT2D eigenvalue weighted by Crippen LogP contribution is -2.63. The maximum Gasteiger partial charge on any atom is 0.257 e. The van der Waals surface area contributed by atoms with E-state index in [1.165, 1.54) is 18.1 Å². The van der Waals surface area contributed by atoms with Gasteiger partial charge in [-0.3, -0.25) is 14.6 Å². The number of likely N-dealkylation sites (tertiary alicyclic amines) is 1. The van der Waals surface area contributed by atoms with E-state index >= 15 is 0 Å². The monoisotopic (exact) mass is 588 g/mol. The summed E-state index contributed by atoms with van der Waals surface area (Å²) in [6, 6.07) is 2.96. The molecule has 3 fully saturated rings. The van der Waals surface area contributed by atoms with Crippen molar-refractivity contribution < 1.29 is 13.2 Å². The van der Waals surface area contributed by atoms with E-state index in [4.69, 9.17) is 0 Å². The molecule has 1 amide bonds. The Hall–Kier alpha value is -1.92. The van der Waals surface area contributed by atoms with Crippen LogP contribution in [0, 0.1) is 19.8 Å². The van der Waals surface area contributed by atoms with Crippen molar-refractivity contribution in [1.82, 2.24) is 29.0 Å². The van der Waals surface area contributed by atoms with Crippen molar-refractivity contribution in [3.63, 3.8) is 0 Å². The Kier molecular flexibility index (Phi) is 8.69. The summed E-state index contributed by atoms with van der Waals surface area (Å²) < 4.78 is 25.9. The highest BCUT2D eigenvalue weighted by atomic mass is 32.2.